The van der Waals surface area contributed by atoms with Gasteiger partial charge in [0.25, 0.3) is 5.91 Å². The lowest BCUT2D eigenvalue weighted by molar-refractivity contribution is 0.101. The molecule has 2 heterocycles. The number of aromatic amines is 1. The van der Waals surface area contributed by atoms with Crippen molar-refractivity contribution in [3.8, 4) is 11.5 Å². The predicted octanol–water partition coefficient (Wildman–Crippen LogP) is 0.689. The summed E-state index contributed by atoms with van der Waals surface area (Å²) in [4.78, 5) is 15.5. The van der Waals surface area contributed by atoms with Crippen molar-refractivity contribution in [2.75, 3.05) is 11.1 Å². The molecule has 0 fully saturated rings. The van der Waals surface area contributed by atoms with Crippen LogP contribution in [0.5, 0.6) is 0 Å². The maximum Gasteiger partial charge on any atom is 0.293 e. The Balaban J connectivity index is 1.74. The number of nitrogens with one attached hydrogen (secondary N) is 2. The summed E-state index contributed by atoms with van der Waals surface area (Å²) in [6, 6.07) is 6.91. The summed E-state index contributed by atoms with van der Waals surface area (Å²) in [5, 5.41) is 16.0. The summed E-state index contributed by atoms with van der Waals surface area (Å²) in [6.45, 7) is 0. The van der Waals surface area contributed by atoms with Gasteiger partial charge in [-0.3, -0.25) is 9.89 Å². The molecule has 3 aromatic rings. The van der Waals surface area contributed by atoms with Crippen LogP contribution in [0.4, 0.5) is 11.6 Å². The third-order valence-electron chi connectivity index (χ3n) is 2.47. The maximum absolute atomic E-state index is 11.8. The number of aromatic nitrogens is 5. The van der Waals surface area contributed by atoms with Gasteiger partial charge in [-0.15, -0.1) is 15.3 Å². The van der Waals surface area contributed by atoms with Crippen LogP contribution in [0, 0.1) is 0 Å². The van der Waals surface area contributed by atoms with Crippen LogP contribution in [0.15, 0.2) is 35.1 Å². The molecule has 0 bridgehead atoms. The van der Waals surface area contributed by atoms with Gasteiger partial charge in [-0.1, -0.05) is 0 Å². The standard InChI is InChI=1S/C11H9N7O2/c12-11-15-8(16-18-11)9(19)14-7-3-1-6(2-4-7)10-17-13-5-20-10/h1-5H,(H,14,19)(H3,12,15,16,18). The normalized spacial score (nSPS) is 10.4. The monoisotopic (exact) mass is 271 g/mol. The van der Waals surface area contributed by atoms with Crippen LogP contribution in [0.1, 0.15) is 10.6 Å². The molecular formula is C11H9N7O2. The molecule has 100 valence electrons. The summed E-state index contributed by atoms with van der Waals surface area (Å²) in [5.41, 5.74) is 6.67. The van der Waals surface area contributed by atoms with Gasteiger partial charge in [0.2, 0.25) is 24.1 Å². The smallest absolute Gasteiger partial charge is 0.293 e. The minimum atomic E-state index is -0.431. The van der Waals surface area contributed by atoms with Gasteiger partial charge >= 0.3 is 0 Å². The Kier molecular flexibility index (Phi) is 2.84. The Morgan fingerprint density at radius 2 is 2.10 bits per heavy atom. The Hall–Kier alpha value is -3.23. The molecule has 3 rings (SSSR count). The first-order chi connectivity index (χ1) is 9.72. The van der Waals surface area contributed by atoms with Gasteiger partial charge < -0.3 is 15.5 Å². The lowest BCUT2D eigenvalue weighted by Gasteiger charge is -2.03. The third-order valence-corrected chi connectivity index (χ3v) is 2.47. The number of hydrogen-bond donors (Lipinski definition) is 3. The topological polar surface area (TPSA) is 136 Å². The van der Waals surface area contributed by atoms with E-state index in [1.165, 1.54) is 6.39 Å². The minimum Gasteiger partial charge on any atom is -0.423 e. The highest BCUT2D eigenvalue weighted by molar-refractivity contribution is 6.01. The fraction of sp³-hybridized carbons (Fsp3) is 0. The first kappa shape index (κ1) is 11.8. The van der Waals surface area contributed by atoms with E-state index >= 15 is 0 Å². The number of rotatable bonds is 3. The minimum absolute atomic E-state index is 0.0156. The number of H-pyrrole nitrogens is 1. The van der Waals surface area contributed by atoms with Crippen molar-refractivity contribution >= 4 is 17.5 Å². The zero-order valence-electron chi connectivity index (χ0n) is 10.1. The molecule has 0 unspecified atom stereocenters. The second kappa shape index (κ2) is 4.80. The van der Waals surface area contributed by atoms with E-state index < -0.39 is 5.91 Å². The SMILES string of the molecule is Nc1n[nH]c(C(=O)Nc2ccc(-c3nnco3)cc2)n1. The second-order valence-corrected chi connectivity index (χ2v) is 3.82. The molecule has 0 aliphatic rings. The summed E-state index contributed by atoms with van der Waals surface area (Å²) in [5.74, 6) is 0.0380. The van der Waals surface area contributed by atoms with Crippen LogP contribution in [0.2, 0.25) is 0 Å². The lowest BCUT2D eigenvalue weighted by Crippen LogP contribution is -2.13. The first-order valence-electron chi connectivity index (χ1n) is 5.58. The van der Waals surface area contributed by atoms with Gasteiger partial charge in [0.1, 0.15) is 0 Å². The molecule has 0 spiro atoms. The van der Waals surface area contributed by atoms with Crippen LogP contribution in [0.25, 0.3) is 11.5 Å². The van der Waals surface area contributed by atoms with E-state index in [9.17, 15) is 4.79 Å². The van der Waals surface area contributed by atoms with Crippen LogP contribution >= 0.6 is 0 Å². The number of nitrogen functional groups attached to an aromatic ring is 1. The van der Waals surface area contributed by atoms with Crippen LogP contribution in [-0.2, 0) is 0 Å². The molecule has 9 heteroatoms. The second-order valence-electron chi connectivity index (χ2n) is 3.82. The molecule has 20 heavy (non-hydrogen) atoms. The molecule has 0 saturated carbocycles. The molecule has 0 atom stereocenters. The summed E-state index contributed by atoms with van der Waals surface area (Å²) in [6.07, 6.45) is 1.25. The van der Waals surface area contributed by atoms with E-state index in [1.807, 2.05) is 0 Å². The molecule has 0 radical (unpaired) electrons. The van der Waals surface area contributed by atoms with E-state index in [0.29, 0.717) is 11.6 Å². The van der Waals surface area contributed by atoms with Crippen molar-refractivity contribution in [2.24, 2.45) is 0 Å². The number of nitrogens with two attached hydrogens (primary N) is 1. The van der Waals surface area contributed by atoms with E-state index in [2.05, 4.69) is 30.7 Å². The molecule has 1 aromatic carbocycles. The number of amides is 1. The van der Waals surface area contributed by atoms with Crippen molar-refractivity contribution in [1.29, 1.82) is 0 Å². The predicted molar refractivity (Wildman–Crippen MR) is 68.5 cm³/mol. The molecule has 0 saturated heterocycles. The largest absolute Gasteiger partial charge is 0.423 e. The van der Waals surface area contributed by atoms with Gasteiger partial charge in [-0.25, -0.2) is 0 Å². The number of benzene rings is 1. The first-order valence-corrected chi connectivity index (χ1v) is 5.58. The highest BCUT2D eigenvalue weighted by Crippen LogP contribution is 2.19. The quantitative estimate of drug-likeness (QED) is 0.637. The average molecular weight is 271 g/mol. The highest BCUT2D eigenvalue weighted by atomic mass is 16.4. The van der Waals surface area contributed by atoms with Crippen LogP contribution < -0.4 is 11.1 Å². The van der Waals surface area contributed by atoms with E-state index in [-0.39, 0.29) is 11.8 Å². The van der Waals surface area contributed by atoms with Crippen molar-refractivity contribution in [3.05, 3.63) is 36.5 Å². The van der Waals surface area contributed by atoms with Crippen LogP contribution in [-0.4, -0.2) is 31.3 Å². The number of carbonyl (C=O) groups is 1. The molecular weight excluding hydrogens is 262 g/mol. The fourth-order valence-electron chi connectivity index (χ4n) is 1.56. The van der Waals surface area contributed by atoms with E-state index in [1.54, 1.807) is 24.3 Å². The van der Waals surface area contributed by atoms with Crippen molar-refractivity contribution in [3.63, 3.8) is 0 Å². The van der Waals surface area contributed by atoms with Crippen molar-refractivity contribution in [1.82, 2.24) is 25.4 Å². The molecule has 4 N–H and O–H groups in total. The molecule has 0 aliphatic carbocycles. The molecule has 2 aromatic heterocycles. The number of nitrogens with zero attached hydrogens (tertiary/aromatic N) is 4. The number of carbonyl (C=O) groups excluding carboxylic acids is 1. The van der Waals surface area contributed by atoms with Gasteiger partial charge in [-0.05, 0) is 24.3 Å². The van der Waals surface area contributed by atoms with Crippen molar-refractivity contribution in [2.45, 2.75) is 0 Å². The molecule has 1 amide bonds. The Morgan fingerprint density at radius 1 is 1.30 bits per heavy atom. The molecule has 9 nitrogen and oxygen atoms in total. The van der Waals surface area contributed by atoms with Gasteiger partial charge in [-0.2, -0.15) is 4.98 Å². The highest BCUT2D eigenvalue weighted by Gasteiger charge is 2.11. The number of anilines is 2. The van der Waals surface area contributed by atoms with E-state index in [4.69, 9.17) is 10.2 Å². The Bertz CT molecular complexity index is 718. The Labute approximate surface area is 112 Å². The average Bonchev–Trinajstić information content (AvgIpc) is 3.10. The lowest BCUT2D eigenvalue weighted by atomic mass is 10.2. The van der Waals surface area contributed by atoms with Gasteiger partial charge in [0, 0.05) is 11.3 Å². The molecule has 0 aliphatic heterocycles. The van der Waals surface area contributed by atoms with E-state index in [0.717, 1.165) is 5.56 Å². The summed E-state index contributed by atoms with van der Waals surface area (Å²) in [7, 11) is 0. The third kappa shape index (κ3) is 2.32. The summed E-state index contributed by atoms with van der Waals surface area (Å²) >= 11 is 0. The van der Waals surface area contributed by atoms with Crippen LogP contribution in [0.3, 0.4) is 0 Å². The van der Waals surface area contributed by atoms with Gasteiger partial charge in [0.05, 0.1) is 0 Å². The zero-order chi connectivity index (χ0) is 13.9. The Morgan fingerprint density at radius 3 is 2.70 bits per heavy atom. The number of hydrogen-bond acceptors (Lipinski definition) is 7. The summed E-state index contributed by atoms with van der Waals surface area (Å²) < 4.78 is 5.07. The maximum atomic E-state index is 11.8. The van der Waals surface area contributed by atoms with Crippen molar-refractivity contribution < 1.29 is 9.21 Å². The fourth-order valence-corrected chi connectivity index (χ4v) is 1.56. The zero-order valence-corrected chi connectivity index (χ0v) is 10.1. The van der Waals surface area contributed by atoms with Gasteiger partial charge in [0.15, 0.2) is 0 Å².